The molecule has 1 saturated carbocycles. The highest BCUT2D eigenvalue weighted by Crippen LogP contribution is 2.38. The van der Waals surface area contributed by atoms with E-state index in [-0.39, 0.29) is 11.8 Å². The molecule has 0 bridgehead atoms. The molecule has 0 radical (unpaired) electrons. The van der Waals surface area contributed by atoms with Crippen molar-refractivity contribution in [3.63, 3.8) is 0 Å². The van der Waals surface area contributed by atoms with Crippen LogP contribution < -0.4 is 10.1 Å². The van der Waals surface area contributed by atoms with E-state index in [0.717, 1.165) is 25.7 Å². The van der Waals surface area contributed by atoms with Crippen LogP contribution in [0, 0.1) is 5.92 Å². The second-order valence-electron chi connectivity index (χ2n) is 10.1. The topological polar surface area (TPSA) is 102 Å². The Morgan fingerprint density at radius 3 is 2.69 bits per heavy atom. The van der Waals surface area contributed by atoms with Crippen molar-refractivity contribution in [3.05, 3.63) is 52.8 Å². The molecule has 0 unspecified atom stereocenters. The lowest BCUT2D eigenvalue weighted by atomic mass is 9.84. The second-order valence-corrected chi connectivity index (χ2v) is 10.9. The number of nitrogens with zero attached hydrogens (tertiary/aromatic N) is 3. The predicted molar refractivity (Wildman–Crippen MR) is 140 cm³/mol. The van der Waals surface area contributed by atoms with Crippen molar-refractivity contribution in [2.75, 3.05) is 5.32 Å². The van der Waals surface area contributed by atoms with Gasteiger partial charge in [0, 0.05) is 29.4 Å². The molecule has 0 aliphatic heterocycles. The molecule has 194 valence electrons. The van der Waals surface area contributed by atoms with Gasteiger partial charge in [0.25, 0.3) is 0 Å². The molecule has 36 heavy (non-hydrogen) atoms. The first-order valence-corrected chi connectivity index (χ1v) is 12.9. The van der Waals surface area contributed by atoms with Gasteiger partial charge < -0.3 is 24.8 Å². The highest BCUT2D eigenvalue weighted by Gasteiger charge is 2.29. The van der Waals surface area contributed by atoms with Crippen LogP contribution in [0.1, 0.15) is 58.4 Å². The van der Waals surface area contributed by atoms with Crippen molar-refractivity contribution < 1.29 is 19.7 Å². The summed E-state index contributed by atoms with van der Waals surface area (Å²) in [5.41, 5.74) is -0.934. The van der Waals surface area contributed by atoms with Gasteiger partial charge >= 0.3 is 0 Å². The van der Waals surface area contributed by atoms with Gasteiger partial charge in [0.05, 0.1) is 23.4 Å². The quantitative estimate of drug-likeness (QED) is 0.294. The van der Waals surface area contributed by atoms with Gasteiger partial charge in [-0.3, -0.25) is 9.48 Å². The van der Waals surface area contributed by atoms with E-state index in [1.165, 1.54) is 17.1 Å². The molecule has 3 N–H and O–H groups in total. The lowest BCUT2D eigenvalue weighted by Gasteiger charge is -2.27. The predicted octanol–water partition coefficient (Wildman–Crippen LogP) is 6.41. The van der Waals surface area contributed by atoms with Crippen molar-refractivity contribution in [2.24, 2.45) is 5.92 Å². The molecular weight excluding hydrogens is 503 g/mol. The second kappa shape index (κ2) is 11.2. The average Bonchev–Trinajstić information content (AvgIpc) is 3.39. The summed E-state index contributed by atoms with van der Waals surface area (Å²) in [6.07, 6.45) is 9.47. The van der Waals surface area contributed by atoms with Gasteiger partial charge in [-0.2, -0.15) is 5.10 Å². The molecule has 0 saturated heterocycles. The van der Waals surface area contributed by atoms with Gasteiger partial charge in [-0.1, -0.05) is 55.3 Å². The van der Waals surface area contributed by atoms with Crippen LogP contribution in [-0.4, -0.2) is 36.1 Å². The number of aliphatic hydroxyl groups is 1. The zero-order valence-electron chi connectivity index (χ0n) is 20.5. The van der Waals surface area contributed by atoms with Crippen LogP contribution in [0.25, 0.3) is 0 Å². The van der Waals surface area contributed by atoms with Gasteiger partial charge in [-0.15, -0.1) is 0 Å². The van der Waals surface area contributed by atoms with E-state index >= 15 is 0 Å². The monoisotopic (exact) mass is 534 g/mol. The Morgan fingerprint density at radius 2 is 1.97 bits per heavy atom. The zero-order chi connectivity index (χ0) is 25.9. The molecule has 1 aliphatic rings. The van der Waals surface area contributed by atoms with Crippen molar-refractivity contribution in [1.29, 1.82) is 0 Å². The number of amides is 1. The fraction of sp³-hybridized carbons (Fsp3) is 0.462. The van der Waals surface area contributed by atoms with Crippen molar-refractivity contribution in [2.45, 2.75) is 70.6 Å². The number of aromatic hydroxyl groups is 1. The van der Waals surface area contributed by atoms with E-state index in [0.29, 0.717) is 46.2 Å². The van der Waals surface area contributed by atoms with E-state index in [1.807, 2.05) is 0 Å². The van der Waals surface area contributed by atoms with Crippen molar-refractivity contribution in [3.8, 4) is 17.4 Å². The first kappa shape index (κ1) is 26.4. The van der Waals surface area contributed by atoms with Crippen LogP contribution in [-0.2, 0) is 11.3 Å². The van der Waals surface area contributed by atoms with Gasteiger partial charge in [-0.25, -0.2) is 0 Å². The van der Waals surface area contributed by atoms with E-state index < -0.39 is 11.6 Å². The number of rotatable bonds is 9. The summed E-state index contributed by atoms with van der Waals surface area (Å²) >= 11 is 12.3. The summed E-state index contributed by atoms with van der Waals surface area (Å²) in [5, 5.41) is 28.9. The number of carbonyl (C=O) groups excluding carboxylic acids is 1. The highest BCUT2D eigenvalue weighted by atomic mass is 35.5. The van der Waals surface area contributed by atoms with Crippen LogP contribution in [0.5, 0.6) is 17.4 Å². The SMILES string of the molecule is CC(C)(O)Cn1ccc(NC(=O)[C@H](CC2CCCCC2)n2cc(Oc3cc(Cl)ccc3Cl)cc2O)n1. The average molecular weight is 535 g/mol. The largest absolute Gasteiger partial charge is 0.494 e. The van der Waals surface area contributed by atoms with E-state index in [1.54, 1.807) is 55.2 Å². The number of anilines is 1. The Balaban J connectivity index is 1.56. The lowest BCUT2D eigenvalue weighted by Crippen LogP contribution is -2.29. The molecule has 2 heterocycles. The summed E-state index contributed by atoms with van der Waals surface area (Å²) < 4.78 is 8.99. The van der Waals surface area contributed by atoms with Crippen LogP contribution in [0.4, 0.5) is 5.82 Å². The third kappa shape index (κ3) is 6.96. The number of hydrogen-bond acceptors (Lipinski definition) is 5. The maximum Gasteiger partial charge on any atom is 0.248 e. The summed E-state index contributed by atoms with van der Waals surface area (Å²) in [4.78, 5) is 13.5. The van der Waals surface area contributed by atoms with Crippen LogP contribution in [0.2, 0.25) is 10.0 Å². The Hall–Kier alpha value is -2.68. The maximum atomic E-state index is 13.5. The van der Waals surface area contributed by atoms with Crippen LogP contribution in [0.15, 0.2) is 42.7 Å². The number of benzene rings is 1. The molecule has 1 fully saturated rings. The first-order valence-electron chi connectivity index (χ1n) is 12.2. The molecule has 4 rings (SSSR count). The summed E-state index contributed by atoms with van der Waals surface area (Å²) in [6.45, 7) is 3.68. The zero-order valence-corrected chi connectivity index (χ0v) is 22.0. The third-order valence-electron chi connectivity index (χ3n) is 6.28. The lowest BCUT2D eigenvalue weighted by molar-refractivity contribution is -0.120. The molecule has 8 nitrogen and oxygen atoms in total. The van der Waals surface area contributed by atoms with E-state index in [2.05, 4.69) is 10.4 Å². The number of nitrogens with one attached hydrogen (secondary N) is 1. The molecule has 3 aromatic rings. The number of hydrogen-bond donors (Lipinski definition) is 3. The third-order valence-corrected chi connectivity index (χ3v) is 6.83. The number of halogens is 2. The Bertz CT molecular complexity index is 1200. The van der Waals surface area contributed by atoms with Crippen molar-refractivity contribution in [1.82, 2.24) is 14.3 Å². The van der Waals surface area contributed by atoms with Gasteiger partial charge in [-0.05, 0) is 38.3 Å². The maximum absolute atomic E-state index is 13.5. The smallest absolute Gasteiger partial charge is 0.248 e. The van der Waals surface area contributed by atoms with E-state index in [9.17, 15) is 15.0 Å². The molecule has 2 aromatic heterocycles. The molecule has 0 spiro atoms. The summed E-state index contributed by atoms with van der Waals surface area (Å²) in [5.74, 6) is 1.07. The summed E-state index contributed by atoms with van der Waals surface area (Å²) in [6, 6.07) is 7.36. The number of aromatic nitrogens is 3. The minimum absolute atomic E-state index is 0.0910. The standard InChI is InChI=1S/C26H32Cl2N4O4/c1-26(2,35)16-31-11-10-23(30-31)29-25(34)21(12-17-6-4-3-5-7-17)32-15-19(14-24(32)33)36-22-13-18(27)8-9-20(22)28/h8-11,13-15,17,21,33,35H,3-7,12,16H2,1-2H3,(H,29,30,34)/t21-/m0/s1. The van der Waals surface area contributed by atoms with Crippen LogP contribution >= 0.6 is 23.2 Å². The molecule has 10 heteroatoms. The highest BCUT2D eigenvalue weighted by molar-refractivity contribution is 6.34. The van der Waals surface area contributed by atoms with Crippen LogP contribution in [0.3, 0.4) is 0 Å². The fourth-order valence-electron chi connectivity index (χ4n) is 4.64. The van der Waals surface area contributed by atoms with Gasteiger partial charge in [0.1, 0.15) is 17.5 Å². The molecule has 1 amide bonds. The Kier molecular flexibility index (Phi) is 8.17. The van der Waals surface area contributed by atoms with Crippen molar-refractivity contribution >= 4 is 34.9 Å². The fourth-order valence-corrected chi connectivity index (χ4v) is 4.96. The molecular formula is C26H32Cl2N4O4. The molecule has 1 aliphatic carbocycles. The van der Waals surface area contributed by atoms with E-state index in [4.69, 9.17) is 27.9 Å². The number of ether oxygens (including phenoxy) is 1. The normalized spacial score (nSPS) is 15.6. The van der Waals surface area contributed by atoms with Gasteiger partial charge in [0.2, 0.25) is 5.91 Å². The van der Waals surface area contributed by atoms with Gasteiger partial charge in [0.15, 0.2) is 11.7 Å². The molecule has 1 aromatic carbocycles. The first-order chi connectivity index (χ1) is 17.1. The summed E-state index contributed by atoms with van der Waals surface area (Å²) in [7, 11) is 0. The Labute approximate surface area is 220 Å². The number of carbonyl (C=O) groups is 1. The Morgan fingerprint density at radius 1 is 1.22 bits per heavy atom. The minimum Gasteiger partial charge on any atom is -0.494 e. The minimum atomic E-state index is -0.934. The molecule has 1 atom stereocenters.